The highest BCUT2D eigenvalue weighted by molar-refractivity contribution is 6.00. The molecule has 0 saturated heterocycles. The van der Waals surface area contributed by atoms with Gasteiger partial charge in [0.2, 0.25) is 0 Å². The third kappa shape index (κ3) is 2.74. The van der Waals surface area contributed by atoms with Crippen molar-refractivity contribution in [3.8, 4) is 6.07 Å². The molecule has 1 amide bonds. The molecule has 130 valence electrons. The van der Waals surface area contributed by atoms with Gasteiger partial charge in [-0.1, -0.05) is 30.3 Å². The van der Waals surface area contributed by atoms with E-state index in [0.717, 1.165) is 12.8 Å². The minimum atomic E-state index is -0.960. The molecule has 2 aliphatic rings. The van der Waals surface area contributed by atoms with Crippen molar-refractivity contribution in [1.29, 1.82) is 5.26 Å². The van der Waals surface area contributed by atoms with Crippen LogP contribution in [0.25, 0.3) is 0 Å². The Morgan fingerprint density at radius 2 is 1.96 bits per heavy atom. The van der Waals surface area contributed by atoms with E-state index < -0.39 is 17.9 Å². The van der Waals surface area contributed by atoms with Gasteiger partial charge in [-0.25, -0.2) is 0 Å². The van der Waals surface area contributed by atoms with Crippen molar-refractivity contribution in [1.82, 2.24) is 4.90 Å². The van der Waals surface area contributed by atoms with E-state index in [1.165, 1.54) is 0 Å². The number of carboxylic acid groups (broad SMARTS) is 1. The van der Waals surface area contributed by atoms with Crippen molar-refractivity contribution < 1.29 is 14.7 Å². The summed E-state index contributed by atoms with van der Waals surface area (Å²) in [4.78, 5) is 27.1. The predicted molar refractivity (Wildman–Crippen MR) is 94.5 cm³/mol. The summed E-state index contributed by atoms with van der Waals surface area (Å²) in [5, 5.41) is 19.2. The quantitative estimate of drug-likeness (QED) is 0.920. The fraction of sp³-hybridized carbons (Fsp3) is 0.286. The Balaban J connectivity index is 1.89. The summed E-state index contributed by atoms with van der Waals surface area (Å²) < 4.78 is 0. The minimum Gasteiger partial charge on any atom is -0.481 e. The second-order valence-electron chi connectivity index (χ2n) is 6.99. The molecule has 1 aliphatic heterocycles. The number of rotatable bonds is 4. The van der Waals surface area contributed by atoms with Gasteiger partial charge in [-0.05, 0) is 48.1 Å². The number of fused-ring (bicyclic) bond motifs is 1. The van der Waals surface area contributed by atoms with Crippen LogP contribution in [0.4, 0.5) is 0 Å². The van der Waals surface area contributed by atoms with Crippen LogP contribution in [0.1, 0.15) is 51.8 Å². The van der Waals surface area contributed by atoms with Crippen LogP contribution in [-0.2, 0) is 4.79 Å². The van der Waals surface area contributed by atoms with Crippen molar-refractivity contribution in [3.63, 3.8) is 0 Å². The SMILES string of the molecule is N#Cc1cccc([C@@H]2[C@@H](C(=O)O)c3ccccc3C(=O)N2CC2CC2)c1. The summed E-state index contributed by atoms with van der Waals surface area (Å²) >= 11 is 0. The largest absolute Gasteiger partial charge is 0.481 e. The van der Waals surface area contributed by atoms with Crippen molar-refractivity contribution in [2.24, 2.45) is 5.92 Å². The molecule has 4 rings (SSSR count). The molecule has 0 spiro atoms. The summed E-state index contributed by atoms with van der Waals surface area (Å²) in [6, 6.07) is 15.4. The number of benzene rings is 2. The van der Waals surface area contributed by atoms with E-state index in [1.807, 2.05) is 6.07 Å². The number of carbonyl (C=O) groups is 2. The maximum atomic E-state index is 13.2. The van der Waals surface area contributed by atoms with Crippen molar-refractivity contribution in [2.75, 3.05) is 6.54 Å². The van der Waals surface area contributed by atoms with Crippen molar-refractivity contribution >= 4 is 11.9 Å². The average molecular weight is 346 g/mol. The number of carbonyl (C=O) groups excluding carboxylic acids is 1. The van der Waals surface area contributed by atoms with E-state index in [1.54, 1.807) is 47.4 Å². The maximum absolute atomic E-state index is 13.2. The summed E-state index contributed by atoms with van der Waals surface area (Å²) in [5.74, 6) is -1.51. The summed E-state index contributed by atoms with van der Waals surface area (Å²) in [7, 11) is 0. The number of nitriles is 1. The van der Waals surface area contributed by atoms with Gasteiger partial charge in [0.05, 0.1) is 17.7 Å². The van der Waals surface area contributed by atoms with Gasteiger partial charge < -0.3 is 10.0 Å². The average Bonchev–Trinajstić information content (AvgIpc) is 3.47. The fourth-order valence-corrected chi connectivity index (χ4v) is 3.80. The highest BCUT2D eigenvalue weighted by Crippen LogP contribution is 2.45. The van der Waals surface area contributed by atoms with Crippen LogP contribution in [-0.4, -0.2) is 28.4 Å². The summed E-state index contributed by atoms with van der Waals surface area (Å²) in [6.07, 6.45) is 2.13. The van der Waals surface area contributed by atoms with E-state index in [9.17, 15) is 20.0 Å². The van der Waals surface area contributed by atoms with E-state index in [0.29, 0.717) is 34.7 Å². The van der Waals surface area contributed by atoms with Crippen LogP contribution < -0.4 is 0 Å². The molecule has 0 aromatic heterocycles. The van der Waals surface area contributed by atoms with Crippen LogP contribution in [0, 0.1) is 17.2 Å². The molecular weight excluding hydrogens is 328 g/mol. The summed E-state index contributed by atoms with van der Waals surface area (Å²) in [6.45, 7) is 0.554. The molecule has 5 heteroatoms. The first kappa shape index (κ1) is 16.3. The first-order valence-corrected chi connectivity index (χ1v) is 8.73. The van der Waals surface area contributed by atoms with E-state index in [-0.39, 0.29) is 5.91 Å². The molecule has 5 nitrogen and oxygen atoms in total. The van der Waals surface area contributed by atoms with Gasteiger partial charge in [0.25, 0.3) is 5.91 Å². The second-order valence-corrected chi connectivity index (χ2v) is 6.99. The predicted octanol–water partition coefficient (Wildman–Crippen LogP) is 3.33. The Morgan fingerprint density at radius 1 is 1.19 bits per heavy atom. The Kier molecular flexibility index (Phi) is 3.96. The molecular formula is C21H18N2O3. The Bertz CT molecular complexity index is 927. The highest BCUT2D eigenvalue weighted by Gasteiger charge is 2.45. The topological polar surface area (TPSA) is 81.4 Å². The van der Waals surface area contributed by atoms with E-state index in [2.05, 4.69) is 6.07 Å². The van der Waals surface area contributed by atoms with Crippen molar-refractivity contribution in [2.45, 2.75) is 24.8 Å². The number of amides is 1. The van der Waals surface area contributed by atoms with Gasteiger partial charge in [-0.3, -0.25) is 9.59 Å². The number of nitrogens with zero attached hydrogens (tertiary/aromatic N) is 2. The van der Waals surface area contributed by atoms with Crippen LogP contribution in [0.2, 0.25) is 0 Å². The molecule has 2 aromatic rings. The molecule has 1 N–H and O–H groups in total. The first-order chi connectivity index (χ1) is 12.6. The van der Waals surface area contributed by atoms with Crippen LogP contribution >= 0.6 is 0 Å². The number of aliphatic carboxylic acids is 1. The fourth-order valence-electron chi connectivity index (χ4n) is 3.80. The number of hydrogen-bond donors (Lipinski definition) is 1. The van der Waals surface area contributed by atoms with Gasteiger partial charge >= 0.3 is 5.97 Å². The van der Waals surface area contributed by atoms with E-state index >= 15 is 0 Å². The zero-order chi connectivity index (χ0) is 18.3. The zero-order valence-corrected chi connectivity index (χ0v) is 14.1. The van der Waals surface area contributed by atoms with E-state index in [4.69, 9.17) is 0 Å². The molecule has 1 saturated carbocycles. The lowest BCUT2D eigenvalue weighted by Crippen LogP contribution is -2.45. The van der Waals surface area contributed by atoms with Crippen molar-refractivity contribution in [3.05, 3.63) is 70.8 Å². The monoisotopic (exact) mass is 346 g/mol. The lowest BCUT2D eigenvalue weighted by Gasteiger charge is -2.41. The smallest absolute Gasteiger partial charge is 0.313 e. The number of hydrogen-bond acceptors (Lipinski definition) is 3. The molecule has 2 aromatic carbocycles. The molecule has 0 unspecified atom stereocenters. The lowest BCUT2D eigenvalue weighted by atomic mass is 9.79. The molecule has 2 atom stereocenters. The van der Waals surface area contributed by atoms with Gasteiger partial charge in [-0.2, -0.15) is 5.26 Å². The Morgan fingerprint density at radius 3 is 2.65 bits per heavy atom. The van der Waals surface area contributed by atoms with Gasteiger partial charge in [0, 0.05) is 12.1 Å². The zero-order valence-electron chi connectivity index (χ0n) is 14.1. The molecule has 1 aliphatic carbocycles. The number of carboxylic acids is 1. The molecule has 0 radical (unpaired) electrons. The molecule has 1 fully saturated rings. The molecule has 0 bridgehead atoms. The van der Waals surface area contributed by atoms with Crippen LogP contribution in [0.15, 0.2) is 48.5 Å². The highest BCUT2D eigenvalue weighted by atomic mass is 16.4. The van der Waals surface area contributed by atoms with Gasteiger partial charge in [0.15, 0.2) is 0 Å². The third-order valence-electron chi connectivity index (χ3n) is 5.21. The third-order valence-corrected chi connectivity index (χ3v) is 5.21. The standard InChI is InChI=1S/C21H18N2O3/c22-11-14-4-3-5-15(10-14)19-18(21(25)26)16-6-1-2-7-17(16)20(24)23(19)12-13-8-9-13/h1-7,10,13,18-19H,8-9,12H2,(H,25,26)/t18-,19+/m0/s1. The minimum absolute atomic E-state index is 0.127. The Labute approximate surface area is 151 Å². The van der Waals surface area contributed by atoms with Gasteiger partial charge in [0.1, 0.15) is 5.92 Å². The Hall–Kier alpha value is -3.13. The van der Waals surface area contributed by atoms with Crippen LogP contribution in [0.3, 0.4) is 0 Å². The first-order valence-electron chi connectivity index (χ1n) is 8.73. The second kappa shape index (κ2) is 6.30. The summed E-state index contributed by atoms with van der Waals surface area (Å²) in [5.41, 5.74) is 2.17. The van der Waals surface area contributed by atoms with Crippen LogP contribution in [0.5, 0.6) is 0 Å². The lowest BCUT2D eigenvalue weighted by molar-refractivity contribution is -0.140. The normalized spacial score (nSPS) is 21.8. The molecule has 26 heavy (non-hydrogen) atoms. The molecule has 1 heterocycles. The maximum Gasteiger partial charge on any atom is 0.313 e. The van der Waals surface area contributed by atoms with Gasteiger partial charge in [-0.15, -0.1) is 0 Å².